The molecule has 0 saturated heterocycles. The molecular formula is C22H19N3OS. The first kappa shape index (κ1) is 17.5. The monoisotopic (exact) mass is 373 g/mol. The average molecular weight is 373 g/mol. The number of aryl methyl sites for hydroxylation is 1. The molecule has 0 aliphatic heterocycles. The smallest absolute Gasteiger partial charge is 0.262 e. The predicted molar refractivity (Wildman–Crippen MR) is 110 cm³/mol. The maximum Gasteiger partial charge on any atom is 0.262 e. The molecule has 2 aromatic heterocycles. The molecule has 0 aliphatic rings. The molecule has 134 valence electrons. The van der Waals surface area contributed by atoms with Crippen molar-refractivity contribution < 1.29 is 0 Å². The molecule has 0 saturated carbocycles. The van der Waals surface area contributed by atoms with Crippen LogP contribution in [0.3, 0.4) is 0 Å². The maximum atomic E-state index is 13.1. The Hall–Kier alpha value is -2.92. The number of hydrogen-bond donors (Lipinski definition) is 0. The molecule has 0 spiro atoms. The predicted octanol–water partition coefficient (Wildman–Crippen LogP) is 4.44. The van der Waals surface area contributed by atoms with Gasteiger partial charge in [0.05, 0.1) is 17.4 Å². The van der Waals surface area contributed by atoms with E-state index in [0.29, 0.717) is 11.9 Å². The van der Waals surface area contributed by atoms with Crippen LogP contribution in [0.25, 0.3) is 10.9 Å². The molecule has 2 aromatic carbocycles. The molecule has 0 fully saturated rings. The second-order valence-electron chi connectivity index (χ2n) is 6.38. The van der Waals surface area contributed by atoms with E-state index in [4.69, 9.17) is 4.98 Å². The van der Waals surface area contributed by atoms with Crippen molar-refractivity contribution in [3.05, 3.63) is 100 Å². The van der Waals surface area contributed by atoms with Gasteiger partial charge in [-0.3, -0.25) is 14.3 Å². The van der Waals surface area contributed by atoms with Crippen LogP contribution in [0.5, 0.6) is 0 Å². The van der Waals surface area contributed by atoms with Crippen LogP contribution < -0.4 is 5.56 Å². The maximum absolute atomic E-state index is 13.1. The number of hydrogen-bond acceptors (Lipinski definition) is 4. The Balaban J connectivity index is 1.76. The Morgan fingerprint density at radius 2 is 1.81 bits per heavy atom. The Bertz CT molecular complexity index is 1140. The van der Waals surface area contributed by atoms with Gasteiger partial charge in [-0.15, -0.1) is 0 Å². The summed E-state index contributed by atoms with van der Waals surface area (Å²) < 4.78 is 1.75. The lowest BCUT2D eigenvalue weighted by Crippen LogP contribution is -2.24. The Kier molecular flexibility index (Phi) is 5.03. The molecule has 4 rings (SSSR count). The second kappa shape index (κ2) is 7.76. The summed E-state index contributed by atoms with van der Waals surface area (Å²) in [5.74, 6) is 0.768. The van der Waals surface area contributed by atoms with Gasteiger partial charge in [0, 0.05) is 18.1 Å². The summed E-state index contributed by atoms with van der Waals surface area (Å²) in [5.41, 5.74) is 4.19. The molecule has 0 radical (unpaired) electrons. The van der Waals surface area contributed by atoms with E-state index < -0.39 is 0 Å². The Morgan fingerprint density at radius 3 is 2.63 bits per heavy atom. The van der Waals surface area contributed by atoms with Crippen LogP contribution in [0.1, 0.15) is 16.7 Å². The molecule has 0 unspecified atom stereocenters. The molecule has 27 heavy (non-hydrogen) atoms. The number of pyridine rings is 1. The normalized spacial score (nSPS) is 11.0. The number of fused-ring (bicyclic) bond motifs is 1. The van der Waals surface area contributed by atoms with Gasteiger partial charge >= 0.3 is 0 Å². The van der Waals surface area contributed by atoms with Crippen LogP contribution in [0.2, 0.25) is 0 Å². The molecule has 0 amide bonds. The van der Waals surface area contributed by atoms with Gasteiger partial charge in [-0.05, 0) is 41.8 Å². The van der Waals surface area contributed by atoms with Crippen molar-refractivity contribution in [3.8, 4) is 0 Å². The minimum absolute atomic E-state index is 0.0169. The molecule has 4 aromatic rings. The van der Waals surface area contributed by atoms with Crippen molar-refractivity contribution in [3.63, 3.8) is 0 Å². The van der Waals surface area contributed by atoms with E-state index in [2.05, 4.69) is 24.0 Å². The van der Waals surface area contributed by atoms with Gasteiger partial charge in [-0.25, -0.2) is 4.98 Å². The topological polar surface area (TPSA) is 47.8 Å². The van der Waals surface area contributed by atoms with Crippen LogP contribution in [0.15, 0.2) is 83.0 Å². The van der Waals surface area contributed by atoms with E-state index in [1.165, 1.54) is 11.1 Å². The van der Waals surface area contributed by atoms with Gasteiger partial charge in [0.25, 0.3) is 5.56 Å². The summed E-state index contributed by atoms with van der Waals surface area (Å²) >= 11 is 1.59. The Labute approximate surface area is 161 Å². The molecule has 4 nitrogen and oxygen atoms in total. The van der Waals surface area contributed by atoms with Crippen molar-refractivity contribution in [2.24, 2.45) is 0 Å². The molecule has 0 bridgehead atoms. The zero-order chi connectivity index (χ0) is 18.6. The van der Waals surface area contributed by atoms with Gasteiger partial charge in [-0.1, -0.05) is 54.2 Å². The third kappa shape index (κ3) is 3.78. The minimum Gasteiger partial charge on any atom is -0.283 e. The molecular weight excluding hydrogens is 354 g/mol. The first-order valence-electron chi connectivity index (χ1n) is 8.78. The van der Waals surface area contributed by atoms with Crippen LogP contribution >= 0.6 is 11.8 Å². The second-order valence-corrected chi connectivity index (χ2v) is 7.32. The lowest BCUT2D eigenvalue weighted by molar-refractivity contribution is 0.656. The highest BCUT2D eigenvalue weighted by molar-refractivity contribution is 7.98. The quantitative estimate of drug-likeness (QED) is 0.383. The van der Waals surface area contributed by atoms with Crippen molar-refractivity contribution in [2.45, 2.75) is 24.4 Å². The highest BCUT2D eigenvalue weighted by Gasteiger charge is 2.12. The molecule has 0 atom stereocenters. The average Bonchev–Trinajstić information content (AvgIpc) is 2.71. The first-order valence-corrected chi connectivity index (χ1v) is 9.77. The molecule has 5 heteroatoms. The molecule has 0 aliphatic carbocycles. The van der Waals surface area contributed by atoms with Crippen LogP contribution in [-0.4, -0.2) is 14.5 Å². The van der Waals surface area contributed by atoms with E-state index in [0.717, 1.165) is 22.0 Å². The summed E-state index contributed by atoms with van der Waals surface area (Å²) in [5, 5.41) is 1.37. The number of rotatable bonds is 5. The molecule has 0 N–H and O–H groups in total. The van der Waals surface area contributed by atoms with Gasteiger partial charge in [0.1, 0.15) is 0 Å². The first-order chi connectivity index (χ1) is 13.2. The van der Waals surface area contributed by atoms with Crippen molar-refractivity contribution in [2.75, 3.05) is 0 Å². The van der Waals surface area contributed by atoms with Crippen LogP contribution in [0, 0.1) is 6.92 Å². The summed E-state index contributed by atoms with van der Waals surface area (Å²) in [6, 6.07) is 19.7. The van der Waals surface area contributed by atoms with E-state index in [1.807, 2.05) is 48.5 Å². The highest BCUT2D eigenvalue weighted by atomic mass is 32.2. The van der Waals surface area contributed by atoms with Crippen molar-refractivity contribution in [1.29, 1.82) is 0 Å². The number of aromatic nitrogens is 3. The number of thioether (sulfide) groups is 1. The van der Waals surface area contributed by atoms with E-state index >= 15 is 0 Å². The summed E-state index contributed by atoms with van der Waals surface area (Å²) in [4.78, 5) is 22.1. The fourth-order valence-corrected chi connectivity index (χ4v) is 4.06. The summed E-state index contributed by atoms with van der Waals surface area (Å²) in [6.07, 6.45) is 3.52. The zero-order valence-electron chi connectivity index (χ0n) is 15.0. The minimum atomic E-state index is -0.0169. The lowest BCUT2D eigenvalue weighted by Gasteiger charge is -2.13. The fourth-order valence-electron chi connectivity index (χ4n) is 2.99. The van der Waals surface area contributed by atoms with Crippen molar-refractivity contribution in [1.82, 2.24) is 14.5 Å². The van der Waals surface area contributed by atoms with Crippen molar-refractivity contribution >= 4 is 22.7 Å². The van der Waals surface area contributed by atoms with Gasteiger partial charge in [-0.2, -0.15) is 0 Å². The number of nitrogens with zero attached hydrogens (tertiary/aromatic N) is 3. The van der Waals surface area contributed by atoms with E-state index in [-0.39, 0.29) is 5.56 Å². The van der Waals surface area contributed by atoms with Gasteiger partial charge < -0.3 is 0 Å². The van der Waals surface area contributed by atoms with Gasteiger partial charge in [0.2, 0.25) is 0 Å². The highest BCUT2D eigenvalue weighted by Crippen LogP contribution is 2.24. The fraction of sp³-hybridized carbons (Fsp3) is 0.136. The third-order valence-electron chi connectivity index (χ3n) is 4.51. The lowest BCUT2D eigenvalue weighted by atomic mass is 10.1. The van der Waals surface area contributed by atoms with Crippen LogP contribution in [0.4, 0.5) is 0 Å². The zero-order valence-corrected chi connectivity index (χ0v) is 15.8. The number of benzene rings is 2. The number of para-hydroxylation sites is 1. The largest absolute Gasteiger partial charge is 0.283 e. The van der Waals surface area contributed by atoms with Gasteiger partial charge in [0.15, 0.2) is 5.16 Å². The summed E-state index contributed by atoms with van der Waals surface area (Å²) in [7, 11) is 0. The Morgan fingerprint density at radius 1 is 1.00 bits per heavy atom. The summed E-state index contributed by atoms with van der Waals surface area (Å²) in [6.45, 7) is 2.56. The standard InChI is InChI=1S/C22H19N3OS/c1-16-7-2-3-9-18(16)15-27-22-24-20-11-5-4-10-19(20)21(26)25(22)14-17-8-6-12-23-13-17/h2-13H,14-15H2,1H3. The van der Waals surface area contributed by atoms with E-state index in [1.54, 1.807) is 28.7 Å². The molecule has 2 heterocycles. The SMILES string of the molecule is Cc1ccccc1CSc1nc2ccccc2c(=O)n1Cc1cccnc1. The van der Waals surface area contributed by atoms with E-state index in [9.17, 15) is 4.79 Å². The third-order valence-corrected chi connectivity index (χ3v) is 5.53. The van der Waals surface area contributed by atoms with Crippen LogP contribution in [-0.2, 0) is 12.3 Å².